The van der Waals surface area contributed by atoms with Crippen LogP contribution >= 0.6 is 0 Å². The lowest BCUT2D eigenvalue weighted by molar-refractivity contribution is -0.123. The Labute approximate surface area is 104 Å². The number of aryl methyl sites for hydroxylation is 1. The SMILES string of the molecule is CCc1ccc(CN2CCC(=O)C2(C)C)cc1. The van der Waals surface area contributed by atoms with Gasteiger partial charge in [-0.25, -0.2) is 0 Å². The molecule has 1 saturated heterocycles. The number of likely N-dealkylation sites (tertiary alicyclic amines) is 1. The summed E-state index contributed by atoms with van der Waals surface area (Å²) in [7, 11) is 0. The Balaban J connectivity index is 2.08. The molecule has 0 amide bonds. The highest BCUT2D eigenvalue weighted by Crippen LogP contribution is 2.26. The zero-order valence-electron chi connectivity index (χ0n) is 11.0. The number of hydrogen-bond acceptors (Lipinski definition) is 2. The Morgan fingerprint density at radius 1 is 1.18 bits per heavy atom. The van der Waals surface area contributed by atoms with Gasteiger partial charge < -0.3 is 0 Å². The van der Waals surface area contributed by atoms with Gasteiger partial charge in [-0.15, -0.1) is 0 Å². The van der Waals surface area contributed by atoms with Crippen LogP contribution in [0.15, 0.2) is 24.3 Å². The molecular weight excluding hydrogens is 210 g/mol. The first-order chi connectivity index (χ1) is 8.04. The van der Waals surface area contributed by atoms with E-state index in [1.807, 2.05) is 13.8 Å². The van der Waals surface area contributed by atoms with Crippen molar-refractivity contribution in [2.75, 3.05) is 6.54 Å². The molecule has 1 aromatic rings. The minimum atomic E-state index is -0.288. The highest BCUT2D eigenvalue weighted by atomic mass is 16.1. The molecule has 0 aliphatic carbocycles. The molecule has 0 unspecified atom stereocenters. The third-order valence-corrected chi connectivity index (χ3v) is 3.89. The second-order valence-corrected chi connectivity index (χ2v) is 5.32. The van der Waals surface area contributed by atoms with Crippen LogP contribution in [0.1, 0.15) is 38.3 Å². The molecule has 1 fully saturated rings. The molecule has 92 valence electrons. The van der Waals surface area contributed by atoms with Crippen LogP contribution in [0.25, 0.3) is 0 Å². The van der Waals surface area contributed by atoms with Gasteiger partial charge in [0.25, 0.3) is 0 Å². The summed E-state index contributed by atoms with van der Waals surface area (Å²) in [6, 6.07) is 8.72. The molecule has 1 aliphatic rings. The summed E-state index contributed by atoms with van der Waals surface area (Å²) >= 11 is 0. The van der Waals surface area contributed by atoms with E-state index < -0.39 is 0 Å². The van der Waals surface area contributed by atoms with E-state index in [4.69, 9.17) is 0 Å². The maximum Gasteiger partial charge on any atom is 0.153 e. The van der Waals surface area contributed by atoms with Gasteiger partial charge in [-0.2, -0.15) is 0 Å². The van der Waals surface area contributed by atoms with Gasteiger partial charge in [-0.1, -0.05) is 31.2 Å². The number of carbonyl (C=O) groups excluding carboxylic acids is 1. The lowest BCUT2D eigenvalue weighted by atomic mass is 10.00. The van der Waals surface area contributed by atoms with Crippen molar-refractivity contribution in [1.29, 1.82) is 0 Å². The zero-order valence-corrected chi connectivity index (χ0v) is 11.0. The topological polar surface area (TPSA) is 20.3 Å². The van der Waals surface area contributed by atoms with Crippen molar-refractivity contribution in [1.82, 2.24) is 4.90 Å². The van der Waals surface area contributed by atoms with E-state index in [9.17, 15) is 4.79 Å². The van der Waals surface area contributed by atoms with Gasteiger partial charge in [0.15, 0.2) is 5.78 Å². The fourth-order valence-corrected chi connectivity index (χ4v) is 2.38. The molecule has 0 aromatic heterocycles. The van der Waals surface area contributed by atoms with Gasteiger partial charge in [-0.05, 0) is 31.4 Å². The van der Waals surface area contributed by atoms with Crippen LogP contribution in [0.2, 0.25) is 0 Å². The summed E-state index contributed by atoms with van der Waals surface area (Å²) in [6.45, 7) is 7.99. The number of ketones is 1. The van der Waals surface area contributed by atoms with Crippen molar-refractivity contribution < 1.29 is 4.79 Å². The maximum absolute atomic E-state index is 11.8. The van der Waals surface area contributed by atoms with Gasteiger partial charge in [0.1, 0.15) is 0 Å². The van der Waals surface area contributed by atoms with Crippen molar-refractivity contribution in [2.24, 2.45) is 0 Å². The summed E-state index contributed by atoms with van der Waals surface area (Å²) in [5.74, 6) is 0.364. The first-order valence-corrected chi connectivity index (χ1v) is 6.40. The van der Waals surface area contributed by atoms with Crippen molar-refractivity contribution >= 4 is 5.78 Å². The molecular formula is C15H21NO. The van der Waals surface area contributed by atoms with Crippen molar-refractivity contribution in [3.05, 3.63) is 35.4 Å². The average molecular weight is 231 g/mol. The number of Topliss-reactive ketones (excluding diaryl/α,β-unsaturated/α-hetero) is 1. The molecule has 0 spiro atoms. The lowest BCUT2D eigenvalue weighted by Gasteiger charge is -2.29. The van der Waals surface area contributed by atoms with Gasteiger partial charge >= 0.3 is 0 Å². The Morgan fingerprint density at radius 3 is 2.24 bits per heavy atom. The standard InChI is InChI=1S/C15H21NO/c1-4-12-5-7-13(8-6-12)11-16-10-9-14(17)15(16,2)3/h5-8H,4,9-11H2,1-3H3. The van der Waals surface area contributed by atoms with Gasteiger partial charge in [0.2, 0.25) is 0 Å². The summed E-state index contributed by atoms with van der Waals surface area (Å²) < 4.78 is 0. The third-order valence-electron chi connectivity index (χ3n) is 3.89. The quantitative estimate of drug-likeness (QED) is 0.797. The molecule has 1 heterocycles. The molecule has 0 bridgehead atoms. The first-order valence-electron chi connectivity index (χ1n) is 6.40. The largest absolute Gasteiger partial charge is 0.298 e. The molecule has 0 radical (unpaired) electrons. The number of nitrogens with zero attached hydrogens (tertiary/aromatic N) is 1. The van der Waals surface area contributed by atoms with Crippen LogP contribution in [-0.2, 0) is 17.8 Å². The van der Waals surface area contributed by atoms with Gasteiger partial charge in [0.05, 0.1) is 5.54 Å². The van der Waals surface area contributed by atoms with Gasteiger partial charge in [-0.3, -0.25) is 9.69 Å². The monoisotopic (exact) mass is 231 g/mol. The first kappa shape index (κ1) is 12.3. The molecule has 2 heteroatoms. The number of benzene rings is 1. The number of carbonyl (C=O) groups is 1. The zero-order chi connectivity index (χ0) is 12.5. The van der Waals surface area contributed by atoms with E-state index in [0.717, 1.165) is 19.5 Å². The predicted molar refractivity (Wildman–Crippen MR) is 69.9 cm³/mol. The minimum Gasteiger partial charge on any atom is -0.298 e. The number of rotatable bonds is 3. The van der Waals surface area contributed by atoms with E-state index in [2.05, 4.69) is 36.1 Å². The highest BCUT2D eigenvalue weighted by Gasteiger charge is 2.39. The molecule has 0 atom stereocenters. The van der Waals surface area contributed by atoms with Crippen molar-refractivity contribution in [3.8, 4) is 0 Å². The fraction of sp³-hybridized carbons (Fsp3) is 0.533. The smallest absolute Gasteiger partial charge is 0.153 e. The van der Waals surface area contributed by atoms with E-state index in [1.165, 1.54) is 11.1 Å². The Hall–Kier alpha value is -1.15. The summed E-state index contributed by atoms with van der Waals surface area (Å²) in [5, 5.41) is 0. The minimum absolute atomic E-state index is 0.288. The fourth-order valence-electron chi connectivity index (χ4n) is 2.38. The predicted octanol–water partition coefficient (Wildman–Crippen LogP) is 2.80. The second kappa shape index (κ2) is 4.61. The Kier molecular flexibility index (Phi) is 3.34. The molecule has 1 aliphatic heterocycles. The van der Waals surface area contributed by atoms with E-state index in [0.29, 0.717) is 12.2 Å². The lowest BCUT2D eigenvalue weighted by Crippen LogP contribution is -2.42. The van der Waals surface area contributed by atoms with Gasteiger partial charge in [0, 0.05) is 19.5 Å². The highest BCUT2D eigenvalue weighted by molar-refractivity contribution is 5.89. The third kappa shape index (κ3) is 2.42. The van der Waals surface area contributed by atoms with E-state index in [-0.39, 0.29) is 5.54 Å². The van der Waals surface area contributed by atoms with Crippen LogP contribution in [-0.4, -0.2) is 22.8 Å². The van der Waals surface area contributed by atoms with Crippen molar-refractivity contribution in [3.63, 3.8) is 0 Å². The van der Waals surface area contributed by atoms with Crippen molar-refractivity contribution in [2.45, 2.75) is 45.7 Å². The average Bonchev–Trinajstić information content (AvgIpc) is 2.57. The summed E-state index contributed by atoms with van der Waals surface area (Å²) in [4.78, 5) is 14.0. The Morgan fingerprint density at radius 2 is 1.76 bits per heavy atom. The molecule has 2 nitrogen and oxygen atoms in total. The van der Waals surface area contributed by atoms with Crippen LogP contribution in [0.4, 0.5) is 0 Å². The van der Waals surface area contributed by atoms with Crippen LogP contribution < -0.4 is 0 Å². The van der Waals surface area contributed by atoms with Crippen LogP contribution in [0, 0.1) is 0 Å². The second-order valence-electron chi connectivity index (χ2n) is 5.32. The van der Waals surface area contributed by atoms with Crippen LogP contribution in [0.5, 0.6) is 0 Å². The maximum atomic E-state index is 11.8. The molecule has 17 heavy (non-hydrogen) atoms. The molecule has 0 saturated carbocycles. The molecule has 1 aromatic carbocycles. The summed E-state index contributed by atoms with van der Waals surface area (Å²) in [6.07, 6.45) is 1.77. The van der Waals surface area contributed by atoms with Crippen LogP contribution in [0.3, 0.4) is 0 Å². The van der Waals surface area contributed by atoms with E-state index in [1.54, 1.807) is 0 Å². The molecule has 0 N–H and O–H groups in total. The Bertz CT molecular complexity index is 405. The molecule has 2 rings (SSSR count). The number of hydrogen-bond donors (Lipinski definition) is 0. The summed E-state index contributed by atoms with van der Waals surface area (Å²) in [5.41, 5.74) is 2.37. The normalized spacial score (nSPS) is 19.8. The van der Waals surface area contributed by atoms with E-state index >= 15 is 0 Å².